The summed E-state index contributed by atoms with van der Waals surface area (Å²) in [4.78, 5) is 5.43. The Morgan fingerprint density at radius 3 is 2.83 bits per heavy atom. The molecule has 1 aromatic heterocycles. The molecule has 2 N–H and O–H groups in total. The number of thioether (sulfide) groups is 1. The van der Waals surface area contributed by atoms with Gasteiger partial charge in [-0.15, -0.1) is 11.8 Å². The molecule has 0 bridgehead atoms. The van der Waals surface area contributed by atoms with Gasteiger partial charge in [-0.1, -0.05) is 6.92 Å². The Hall–Kier alpha value is -0.540. The molecule has 0 atom stereocenters. The second-order valence-corrected chi connectivity index (χ2v) is 3.71. The van der Waals surface area contributed by atoms with Gasteiger partial charge in [0.15, 0.2) is 0 Å². The lowest BCUT2D eigenvalue weighted by Gasteiger charge is -1.99. The molecule has 0 saturated heterocycles. The Kier molecular flexibility index (Phi) is 4.11. The summed E-state index contributed by atoms with van der Waals surface area (Å²) in [5.74, 6) is 1.16. The maximum absolute atomic E-state index is 5.43. The van der Waals surface area contributed by atoms with Crippen molar-refractivity contribution in [1.82, 2.24) is 4.98 Å². The van der Waals surface area contributed by atoms with Crippen molar-refractivity contribution in [3.05, 3.63) is 24.0 Å². The summed E-state index contributed by atoms with van der Waals surface area (Å²) < 4.78 is 0. The van der Waals surface area contributed by atoms with Crippen LogP contribution in [0.3, 0.4) is 0 Å². The average Bonchev–Trinajstić information content (AvgIpc) is 2.15. The highest BCUT2D eigenvalue weighted by molar-refractivity contribution is 7.99. The van der Waals surface area contributed by atoms with E-state index in [1.807, 2.05) is 24.0 Å². The third kappa shape index (κ3) is 2.83. The first-order valence-electron chi connectivity index (χ1n) is 4.14. The van der Waals surface area contributed by atoms with Gasteiger partial charge in [-0.3, -0.25) is 4.98 Å². The first-order valence-corrected chi connectivity index (χ1v) is 5.13. The van der Waals surface area contributed by atoms with Crippen molar-refractivity contribution in [3.8, 4) is 0 Å². The van der Waals surface area contributed by atoms with Gasteiger partial charge in [0.05, 0.1) is 5.69 Å². The molecule has 1 heterocycles. The molecular formula is C9H14N2S. The van der Waals surface area contributed by atoms with E-state index in [9.17, 15) is 0 Å². The Labute approximate surface area is 77.6 Å². The highest BCUT2D eigenvalue weighted by atomic mass is 32.2. The maximum atomic E-state index is 5.43. The lowest BCUT2D eigenvalue weighted by atomic mass is 10.4. The number of nitrogens with zero attached hydrogens (tertiary/aromatic N) is 1. The molecule has 12 heavy (non-hydrogen) atoms. The van der Waals surface area contributed by atoms with Crippen molar-refractivity contribution in [2.45, 2.75) is 24.8 Å². The summed E-state index contributed by atoms with van der Waals surface area (Å²) in [7, 11) is 0. The van der Waals surface area contributed by atoms with Gasteiger partial charge in [0.2, 0.25) is 0 Å². The monoisotopic (exact) mass is 182 g/mol. The van der Waals surface area contributed by atoms with Crippen molar-refractivity contribution in [1.29, 1.82) is 0 Å². The molecule has 1 aromatic rings. The number of hydrogen-bond donors (Lipinski definition) is 1. The number of pyridine rings is 1. The summed E-state index contributed by atoms with van der Waals surface area (Å²) in [5, 5.41) is 0. The van der Waals surface area contributed by atoms with Crippen LogP contribution in [0.1, 0.15) is 19.0 Å². The second-order valence-electron chi connectivity index (χ2n) is 2.54. The van der Waals surface area contributed by atoms with E-state index in [4.69, 9.17) is 5.73 Å². The standard InChI is InChI=1S/C9H14N2S/c1-2-5-12-9-4-3-8(6-10)11-7-9/h3-4,7H,2,5-6,10H2,1H3. The van der Waals surface area contributed by atoms with Gasteiger partial charge in [-0.2, -0.15) is 0 Å². The Morgan fingerprint density at radius 2 is 2.33 bits per heavy atom. The molecule has 0 amide bonds. The molecule has 0 aliphatic rings. The summed E-state index contributed by atoms with van der Waals surface area (Å²) in [6.45, 7) is 2.70. The van der Waals surface area contributed by atoms with Gasteiger partial charge in [0, 0.05) is 17.6 Å². The largest absolute Gasteiger partial charge is 0.325 e. The van der Waals surface area contributed by atoms with Crippen LogP contribution in [0.4, 0.5) is 0 Å². The molecule has 0 aromatic carbocycles. The van der Waals surface area contributed by atoms with Crippen molar-refractivity contribution >= 4 is 11.8 Å². The van der Waals surface area contributed by atoms with E-state index in [1.165, 1.54) is 11.3 Å². The first-order chi connectivity index (χ1) is 5.86. The van der Waals surface area contributed by atoms with E-state index >= 15 is 0 Å². The molecule has 3 heteroatoms. The Bertz CT molecular complexity index is 220. The van der Waals surface area contributed by atoms with Crippen LogP contribution >= 0.6 is 11.8 Å². The first kappa shape index (κ1) is 9.55. The zero-order valence-electron chi connectivity index (χ0n) is 7.29. The van der Waals surface area contributed by atoms with Gasteiger partial charge in [0.1, 0.15) is 0 Å². The van der Waals surface area contributed by atoms with Gasteiger partial charge < -0.3 is 5.73 Å². The number of hydrogen-bond acceptors (Lipinski definition) is 3. The van der Waals surface area contributed by atoms with Crippen LogP contribution in [0.5, 0.6) is 0 Å². The third-order valence-corrected chi connectivity index (χ3v) is 2.67. The second kappa shape index (κ2) is 5.17. The summed E-state index contributed by atoms with van der Waals surface area (Å²) in [5.41, 5.74) is 6.39. The van der Waals surface area contributed by atoms with Gasteiger partial charge in [0.25, 0.3) is 0 Å². The number of aromatic nitrogens is 1. The van der Waals surface area contributed by atoms with Crippen LogP contribution in [-0.4, -0.2) is 10.7 Å². The lowest BCUT2D eigenvalue weighted by Crippen LogP contribution is -1.98. The SMILES string of the molecule is CCCSc1ccc(CN)nc1. The Balaban J connectivity index is 2.53. The average molecular weight is 182 g/mol. The van der Waals surface area contributed by atoms with E-state index in [-0.39, 0.29) is 0 Å². The minimum absolute atomic E-state index is 0.527. The summed E-state index contributed by atoms with van der Waals surface area (Å²) in [6.07, 6.45) is 3.09. The zero-order chi connectivity index (χ0) is 8.81. The number of rotatable bonds is 4. The molecule has 0 saturated carbocycles. The van der Waals surface area contributed by atoms with Crippen LogP contribution in [0, 0.1) is 0 Å². The maximum Gasteiger partial charge on any atom is 0.0540 e. The van der Waals surface area contributed by atoms with E-state index in [0.717, 1.165) is 11.4 Å². The molecule has 2 nitrogen and oxygen atoms in total. The molecule has 0 unspecified atom stereocenters. The quantitative estimate of drug-likeness (QED) is 0.724. The topological polar surface area (TPSA) is 38.9 Å². The molecule has 0 radical (unpaired) electrons. The van der Waals surface area contributed by atoms with Crippen molar-refractivity contribution in [2.24, 2.45) is 5.73 Å². The van der Waals surface area contributed by atoms with Crippen LogP contribution < -0.4 is 5.73 Å². The molecule has 0 aliphatic carbocycles. The van der Waals surface area contributed by atoms with Gasteiger partial charge >= 0.3 is 0 Å². The predicted octanol–water partition coefficient (Wildman–Crippen LogP) is 2.04. The fourth-order valence-electron chi connectivity index (χ4n) is 0.837. The number of nitrogens with two attached hydrogens (primary N) is 1. The fourth-order valence-corrected chi connectivity index (χ4v) is 1.57. The highest BCUT2D eigenvalue weighted by Crippen LogP contribution is 2.17. The van der Waals surface area contributed by atoms with Crippen molar-refractivity contribution in [3.63, 3.8) is 0 Å². The van der Waals surface area contributed by atoms with Gasteiger partial charge in [-0.25, -0.2) is 0 Å². The van der Waals surface area contributed by atoms with E-state index < -0.39 is 0 Å². The smallest absolute Gasteiger partial charge is 0.0540 e. The molecule has 66 valence electrons. The van der Waals surface area contributed by atoms with E-state index in [0.29, 0.717) is 6.54 Å². The van der Waals surface area contributed by atoms with E-state index in [1.54, 1.807) is 0 Å². The molecule has 0 spiro atoms. The van der Waals surface area contributed by atoms with Crippen molar-refractivity contribution < 1.29 is 0 Å². The van der Waals surface area contributed by atoms with Crippen LogP contribution in [-0.2, 0) is 6.54 Å². The lowest BCUT2D eigenvalue weighted by molar-refractivity contribution is 0.976. The predicted molar refractivity (Wildman–Crippen MR) is 53.1 cm³/mol. The molecule has 1 rings (SSSR count). The van der Waals surface area contributed by atoms with E-state index in [2.05, 4.69) is 18.0 Å². The Morgan fingerprint density at radius 1 is 1.50 bits per heavy atom. The summed E-state index contributed by atoms with van der Waals surface area (Å²) >= 11 is 1.84. The normalized spacial score (nSPS) is 10.2. The van der Waals surface area contributed by atoms with Crippen LogP contribution in [0.25, 0.3) is 0 Å². The third-order valence-electron chi connectivity index (χ3n) is 1.48. The fraction of sp³-hybridized carbons (Fsp3) is 0.444. The summed E-state index contributed by atoms with van der Waals surface area (Å²) in [6, 6.07) is 4.06. The minimum Gasteiger partial charge on any atom is -0.325 e. The van der Waals surface area contributed by atoms with Gasteiger partial charge in [-0.05, 0) is 24.3 Å². The molecule has 0 fully saturated rings. The zero-order valence-corrected chi connectivity index (χ0v) is 8.10. The minimum atomic E-state index is 0.527. The highest BCUT2D eigenvalue weighted by Gasteiger charge is 1.93. The van der Waals surface area contributed by atoms with Crippen molar-refractivity contribution in [2.75, 3.05) is 5.75 Å². The van der Waals surface area contributed by atoms with Crippen LogP contribution in [0.2, 0.25) is 0 Å². The molecule has 0 aliphatic heterocycles. The molecular weight excluding hydrogens is 168 g/mol. The van der Waals surface area contributed by atoms with Crippen LogP contribution in [0.15, 0.2) is 23.2 Å².